The molecule has 1 fully saturated rings. The fourth-order valence-corrected chi connectivity index (χ4v) is 4.03. The Hall–Kier alpha value is -1.58. The van der Waals surface area contributed by atoms with Crippen LogP contribution in [-0.4, -0.2) is 22.7 Å². The number of hydrogen-bond donors (Lipinski definition) is 2. The van der Waals surface area contributed by atoms with Gasteiger partial charge in [-0.1, -0.05) is 26.7 Å². The van der Waals surface area contributed by atoms with E-state index in [0.29, 0.717) is 24.0 Å². The first-order valence-electron chi connectivity index (χ1n) is 8.54. The lowest BCUT2D eigenvalue weighted by Crippen LogP contribution is -2.44. The molecule has 2 aliphatic rings. The molecule has 1 saturated carbocycles. The Balaban J connectivity index is 1.80. The molecule has 1 aromatic rings. The van der Waals surface area contributed by atoms with E-state index in [2.05, 4.69) is 24.1 Å². The molecular weight excluding hydrogens is 276 g/mol. The third kappa shape index (κ3) is 2.59. The lowest BCUT2D eigenvalue weighted by Gasteiger charge is -2.34. The molecule has 1 amide bonds. The van der Waals surface area contributed by atoms with Gasteiger partial charge >= 0.3 is 0 Å². The fourth-order valence-electron chi connectivity index (χ4n) is 4.03. The number of carbonyl (C=O) groups is 2. The summed E-state index contributed by atoms with van der Waals surface area (Å²) in [6.07, 6.45) is 5.82. The maximum absolute atomic E-state index is 12.7. The second-order valence-electron chi connectivity index (χ2n) is 7.10. The molecule has 4 nitrogen and oxygen atoms in total. The standard InChI is InChI=1S/C18H26N2O2/c1-10-6-4-7-13(11(10)2)20-18(22)17-12(3)16-14(19-17)8-5-9-15(16)21/h10-11,13,19H,4-9H2,1-3H3,(H,20,22). The molecule has 0 spiro atoms. The first-order chi connectivity index (χ1) is 10.5. The van der Waals surface area contributed by atoms with Gasteiger partial charge in [0.25, 0.3) is 5.91 Å². The average Bonchev–Trinajstić information content (AvgIpc) is 2.82. The van der Waals surface area contributed by atoms with E-state index < -0.39 is 0 Å². The fraction of sp³-hybridized carbons (Fsp3) is 0.667. The zero-order valence-electron chi connectivity index (χ0n) is 13.8. The highest BCUT2D eigenvalue weighted by molar-refractivity contribution is 6.04. The van der Waals surface area contributed by atoms with Crippen molar-refractivity contribution in [3.8, 4) is 0 Å². The van der Waals surface area contributed by atoms with Crippen molar-refractivity contribution in [3.05, 3.63) is 22.5 Å². The van der Waals surface area contributed by atoms with E-state index in [-0.39, 0.29) is 17.7 Å². The maximum Gasteiger partial charge on any atom is 0.268 e. The summed E-state index contributed by atoms with van der Waals surface area (Å²) in [5, 5.41) is 3.20. The molecular formula is C18H26N2O2. The number of hydrogen-bond acceptors (Lipinski definition) is 2. The normalized spacial score (nSPS) is 28.3. The monoisotopic (exact) mass is 302 g/mol. The number of amides is 1. The quantitative estimate of drug-likeness (QED) is 0.879. The van der Waals surface area contributed by atoms with Crippen LogP contribution in [0.25, 0.3) is 0 Å². The highest BCUT2D eigenvalue weighted by Crippen LogP contribution is 2.30. The Bertz CT molecular complexity index is 602. The van der Waals surface area contributed by atoms with Crippen LogP contribution in [0.5, 0.6) is 0 Å². The number of fused-ring (bicyclic) bond motifs is 1. The van der Waals surface area contributed by atoms with Crippen LogP contribution < -0.4 is 5.32 Å². The third-order valence-electron chi connectivity index (χ3n) is 5.69. The Labute approximate surface area is 132 Å². The molecule has 0 aromatic carbocycles. The smallest absolute Gasteiger partial charge is 0.268 e. The van der Waals surface area contributed by atoms with Gasteiger partial charge in [0, 0.05) is 23.7 Å². The van der Waals surface area contributed by atoms with Gasteiger partial charge in [0.1, 0.15) is 5.69 Å². The van der Waals surface area contributed by atoms with Crippen LogP contribution >= 0.6 is 0 Å². The maximum atomic E-state index is 12.7. The number of ketones is 1. The second-order valence-corrected chi connectivity index (χ2v) is 7.10. The van der Waals surface area contributed by atoms with Gasteiger partial charge < -0.3 is 10.3 Å². The molecule has 3 unspecified atom stereocenters. The van der Waals surface area contributed by atoms with Crippen LogP contribution in [0, 0.1) is 18.8 Å². The molecule has 22 heavy (non-hydrogen) atoms. The van der Waals surface area contributed by atoms with E-state index in [1.54, 1.807) is 0 Å². The van der Waals surface area contributed by atoms with Gasteiger partial charge in [0.2, 0.25) is 0 Å². The highest BCUT2D eigenvalue weighted by atomic mass is 16.2. The van der Waals surface area contributed by atoms with Gasteiger partial charge in [-0.15, -0.1) is 0 Å². The summed E-state index contributed by atoms with van der Waals surface area (Å²) in [6, 6.07) is 0.242. The number of rotatable bonds is 2. The first-order valence-corrected chi connectivity index (χ1v) is 8.54. The van der Waals surface area contributed by atoms with Crippen molar-refractivity contribution in [1.82, 2.24) is 10.3 Å². The summed E-state index contributed by atoms with van der Waals surface area (Å²) in [4.78, 5) is 27.9. The van der Waals surface area contributed by atoms with E-state index in [1.807, 2.05) is 6.92 Å². The summed E-state index contributed by atoms with van der Waals surface area (Å²) < 4.78 is 0. The minimum Gasteiger partial charge on any atom is -0.354 e. The van der Waals surface area contributed by atoms with Gasteiger partial charge in [-0.3, -0.25) is 9.59 Å². The summed E-state index contributed by atoms with van der Waals surface area (Å²) in [7, 11) is 0. The molecule has 0 aliphatic heterocycles. The van der Waals surface area contributed by atoms with Crippen molar-refractivity contribution in [2.45, 2.75) is 65.3 Å². The molecule has 0 bridgehead atoms. The minimum absolute atomic E-state index is 0.0503. The van der Waals surface area contributed by atoms with Crippen LogP contribution in [0.15, 0.2) is 0 Å². The summed E-state index contributed by atoms with van der Waals surface area (Å²) in [5.41, 5.74) is 3.13. The van der Waals surface area contributed by atoms with Gasteiger partial charge in [0.05, 0.1) is 0 Å². The van der Waals surface area contributed by atoms with Gasteiger partial charge in [-0.05, 0) is 43.6 Å². The van der Waals surface area contributed by atoms with E-state index in [9.17, 15) is 9.59 Å². The molecule has 4 heteroatoms. The summed E-state index contributed by atoms with van der Waals surface area (Å²) in [5.74, 6) is 1.28. The number of aromatic nitrogens is 1. The SMILES string of the molecule is Cc1c(C(=O)NC2CCCC(C)C2C)[nH]c2c1C(=O)CCC2. The summed E-state index contributed by atoms with van der Waals surface area (Å²) >= 11 is 0. The number of aryl methyl sites for hydroxylation is 1. The number of aromatic amines is 1. The van der Waals surface area contributed by atoms with Gasteiger partial charge in [0.15, 0.2) is 5.78 Å². The Morgan fingerprint density at radius 1 is 1.18 bits per heavy atom. The molecule has 0 saturated heterocycles. The van der Waals surface area contributed by atoms with E-state index in [4.69, 9.17) is 0 Å². The predicted molar refractivity (Wildman–Crippen MR) is 86.2 cm³/mol. The second kappa shape index (κ2) is 5.90. The van der Waals surface area contributed by atoms with Crippen LogP contribution in [0.4, 0.5) is 0 Å². The van der Waals surface area contributed by atoms with Crippen molar-refractivity contribution in [3.63, 3.8) is 0 Å². The highest BCUT2D eigenvalue weighted by Gasteiger charge is 2.31. The van der Waals surface area contributed by atoms with Crippen molar-refractivity contribution in [2.75, 3.05) is 0 Å². The van der Waals surface area contributed by atoms with E-state index in [1.165, 1.54) is 12.8 Å². The summed E-state index contributed by atoms with van der Waals surface area (Å²) in [6.45, 7) is 6.38. The molecule has 1 heterocycles. The largest absolute Gasteiger partial charge is 0.354 e. The molecule has 120 valence electrons. The lowest BCUT2D eigenvalue weighted by molar-refractivity contribution is 0.0885. The van der Waals surface area contributed by atoms with Crippen LogP contribution in [0.1, 0.15) is 78.1 Å². The Morgan fingerprint density at radius 2 is 1.95 bits per heavy atom. The third-order valence-corrected chi connectivity index (χ3v) is 5.69. The Morgan fingerprint density at radius 3 is 2.68 bits per heavy atom. The molecule has 3 atom stereocenters. The topological polar surface area (TPSA) is 62.0 Å². The number of nitrogens with one attached hydrogen (secondary N) is 2. The zero-order chi connectivity index (χ0) is 15.9. The van der Waals surface area contributed by atoms with Crippen molar-refractivity contribution in [1.29, 1.82) is 0 Å². The van der Waals surface area contributed by atoms with Crippen LogP contribution in [0.3, 0.4) is 0 Å². The van der Waals surface area contributed by atoms with E-state index >= 15 is 0 Å². The van der Waals surface area contributed by atoms with Crippen LogP contribution in [0.2, 0.25) is 0 Å². The van der Waals surface area contributed by atoms with Crippen LogP contribution in [-0.2, 0) is 6.42 Å². The number of H-pyrrole nitrogens is 1. The minimum atomic E-state index is -0.0503. The molecule has 2 N–H and O–H groups in total. The van der Waals surface area contributed by atoms with Crippen molar-refractivity contribution in [2.24, 2.45) is 11.8 Å². The zero-order valence-corrected chi connectivity index (χ0v) is 13.8. The number of Topliss-reactive ketones (excluding diaryl/α,β-unsaturated/α-hetero) is 1. The van der Waals surface area contributed by atoms with Gasteiger partial charge in [-0.2, -0.15) is 0 Å². The first kappa shape index (κ1) is 15.3. The average molecular weight is 302 g/mol. The number of carbonyl (C=O) groups excluding carboxylic acids is 2. The molecule has 3 rings (SSSR count). The van der Waals surface area contributed by atoms with Gasteiger partial charge in [-0.25, -0.2) is 0 Å². The predicted octanol–water partition coefficient (Wildman–Crippen LogP) is 3.40. The lowest BCUT2D eigenvalue weighted by atomic mass is 9.78. The molecule has 1 aromatic heterocycles. The Kier molecular flexibility index (Phi) is 4.11. The molecule has 2 aliphatic carbocycles. The molecule has 0 radical (unpaired) electrons. The van der Waals surface area contributed by atoms with Crippen molar-refractivity contribution >= 4 is 11.7 Å². The van der Waals surface area contributed by atoms with Crippen molar-refractivity contribution < 1.29 is 9.59 Å². The van der Waals surface area contributed by atoms with E-state index in [0.717, 1.165) is 36.1 Å².